The third-order valence-electron chi connectivity index (χ3n) is 1.81. The maximum Gasteiger partial charge on any atom is 0.154 e. The Labute approximate surface area is 85.8 Å². The van der Waals surface area contributed by atoms with Crippen LogP contribution >= 0.6 is 0 Å². The standard InChI is InChI=1S/C10H22O4/c1-10(13-8-4-2-6-11)14-9-5-3-7-12/h10-12H,2-9H2,1H3. The molecule has 14 heavy (non-hydrogen) atoms. The van der Waals surface area contributed by atoms with Gasteiger partial charge in [-0.1, -0.05) is 0 Å². The lowest BCUT2D eigenvalue weighted by molar-refractivity contribution is -0.132. The highest BCUT2D eigenvalue weighted by Gasteiger charge is 2.00. The van der Waals surface area contributed by atoms with Crippen LogP contribution in [0.2, 0.25) is 0 Å². The molecule has 0 aromatic carbocycles. The van der Waals surface area contributed by atoms with Gasteiger partial charge < -0.3 is 19.7 Å². The second-order valence-electron chi connectivity index (χ2n) is 3.17. The molecule has 0 saturated heterocycles. The van der Waals surface area contributed by atoms with E-state index in [1.165, 1.54) is 0 Å². The lowest BCUT2D eigenvalue weighted by Gasteiger charge is -2.13. The van der Waals surface area contributed by atoms with Crippen molar-refractivity contribution in [2.75, 3.05) is 26.4 Å². The van der Waals surface area contributed by atoms with Gasteiger partial charge in [0.05, 0.1) is 0 Å². The molecule has 4 nitrogen and oxygen atoms in total. The Morgan fingerprint density at radius 2 is 1.29 bits per heavy atom. The second kappa shape index (κ2) is 10.9. The maximum atomic E-state index is 8.52. The zero-order valence-corrected chi connectivity index (χ0v) is 8.95. The summed E-state index contributed by atoms with van der Waals surface area (Å²) in [6.07, 6.45) is 3.09. The quantitative estimate of drug-likeness (QED) is 0.412. The van der Waals surface area contributed by atoms with E-state index in [1.54, 1.807) is 0 Å². The summed E-state index contributed by atoms with van der Waals surface area (Å²) in [6, 6.07) is 0. The summed E-state index contributed by atoms with van der Waals surface area (Å²) in [6.45, 7) is 3.55. The van der Waals surface area contributed by atoms with Crippen molar-refractivity contribution in [3.05, 3.63) is 0 Å². The minimum Gasteiger partial charge on any atom is -0.396 e. The molecule has 0 aliphatic rings. The predicted molar refractivity (Wildman–Crippen MR) is 54.0 cm³/mol. The summed E-state index contributed by atoms with van der Waals surface area (Å²) in [5, 5.41) is 17.0. The monoisotopic (exact) mass is 206 g/mol. The molecular formula is C10H22O4. The van der Waals surface area contributed by atoms with Crippen LogP contribution in [-0.4, -0.2) is 42.9 Å². The normalized spacial score (nSPS) is 11.1. The van der Waals surface area contributed by atoms with Crippen LogP contribution in [0, 0.1) is 0 Å². The second-order valence-corrected chi connectivity index (χ2v) is 3.17. The number of rotatable bonds is 10. The van der Waals surface area contributed by atoms with Gasteiger partial charge in [0.25, 0.3) is 0 Å². The van der Waals surface area contributed by atoms with Crippen LogP contribution < -0.4 is 0 Å². The van der Waals surface area contributed by atoms with Crippen molar-refractivity contribution in [3.8, 4) is 0 Å². The third kappa shape index (κ3) is 9.92. The first-order valence-corrected chi connectivity index (χ1v) is 5.26. The van der Waals surface area contributed by atoms with E-state index in [0.717, 1.165) is 25.7 Å². The van der Waals surface area contributed by atoms with Crippen molar-refractivity contribution in [1.82, 2.24) is 0 Å². The smallest absolute Gasteiger partial charge is 0.154 e. The van der Waals surface area contributed by atoms with E-state index in [4.69, 9.17) is 19.7 Å². The minimum absolute atomic E-state index is 0.188. The van der Waals surface area contributed by atoms with Gasteiger partial charge in [0.2, 0.25) is 0 Å². The van der Waals surface area contributed by atoms with Crippen LogP contribution in [0.15, 0.2) is 0 Å². The molecule has 86 valence electrons. The molecule has 2 N–H and O–H groups in total. The van der Waals surface area contributed by atoms with E-state index < -0.39 is 0 Å². The Hall–Kier alpha value is -0.160. The van der Waals surface area contributed by atoms with E-state index >= 15 is 0 Å². The SMILES string of the molecule is CC(OCCCCO)OCCCCO. The molecule has 0 aromatic rings. The Morgan fingerprint density at radius 1 is 0.857 bits per heavy atom. The highest BCUT2D eigenvalue weighted by Crippen LogP contribution is 1.99. The molecule has 4 heteroatoms. The molecule has 0 aliphatic heterocycles. The summed E-state index contributed by atoms with van der Waals surface area (Å²) >= 11 is 0. The largest absolute Gasteiger partial charge is 0.396 e. The Balaban J connectivity index is 3.07. The topological polar surface area (TPSA) is 58.9 Å². The zero-order valence-electron chi connectivity index (χ0n) is 8.95. The van der Waals surface area contributed by atoms with Crippen molar-refractivity contribution in [1.29, 1.82) is 0 Å². The number of aliphatic hydroxyl groups is 2. The van der Waals surface area contributed by atoms with Gasteiger partial charge in [-0.05, 0) is 32.6 Å². The lowest BCUT2D eigenvalue weighted by atomic mass is 10.3. The number of ether oxygens (including phenoxy) is 2. The highest BCUT2D eigenvalue weighted by atomic mass is 16.7. The van der Waals surface area contributed by atoms with E-state index in [2.05, 4.69) is 0 Å². The van der Waals surface area contributed by atoms with Crippen molar-refractivity contribution < 1.29 is 19.7 Å². The van der Waals surface area contributed by atoms with Crippen LogP contribution in [0.25, 0.3) is 0 Å². The maximum absolute atomic E-state index is 8.52. The van der Waals surface area contributed by atoms with Gasteiger partial charge >= 0.3 is 0 Å². The fraction of sp³-hybridized carbons (Fsp3) is 1.00. The van der Waals surface area contributed by atoms with Crippen molar-refractivity contribution in [2.24, 2.45) is 0 Å². The van der Waals surface area contributed by atoms with E-state index in [9.17, 15) is 0 Å². The van der Waals surface area contributed by atoms with Gasteiger partial charge in [-0.3, -0.25) is 0 Å². The van der Waals surface area contributed by atoms with Crippen LogP contribution in [0.3, 0.4) is 0 Å². The number of unbranched alkanes of at least 4 members (excludes halogenated alkanes) is 2. The molecule has 0 amide bonds. The van der Waals surface area contributed by atoms with Crippen LogP contribution in [0.5, 0.6) is 0 Å². The van der Waals surface area contributed by atoms with Gasteiger partial charge in [0, 0.05) is 26.4 Å². The predicted octanol–water partition coefficient (Wildman–Crippen LogP) is 0.911. The highest BCUT2D eigenvalue weighted by molar-refractivity contribution is 4.40. The van der Waals surface area contributed by atoms with E-state index in [1.807, 2.05) is 6.92 Å². The average molecular weight is 206 g/mol. The molecule has 0 aromatic heterocycles. The van der Waals surface area contributed by atoms with Crippen molar-refractivity contribution >= 4 is 0 Å². The molecule has 0 bridgehead atoms. The molecular weight excluding hydrogens is 184 g/mol. The minimum atomic E-state index is -0.188. The van der Waals surface area contributed by atoms with Gasteiger partial charge in [0.1, 0.15) is 0 Å². The van der Waals surface area contributed by atoms with Gasteiger partial charge in [-0.25, -0.2) is 0 Å². The Bertz CT molecular complexity index is 96.3. The third-order valence-corrected chi connectivity index (χ3v) is 1.81. The molecule has 0 aliphatic carbocycles. The first-order valence-electron chi connectivity index (χ1n) is 5.26. The van der Waals surface area contributed by atoms with Crippen LogP contribution in [0.4, 0.5) is 0 Å². The Kier molecular flexibility index (Phi) is 10.8. The summed E-state index contributed by atoms with van der Waals surface area (Å²) in [7, 11) is 0. The first kappa shape index (κ1) is 13.8. The molecule has 0 atom stereocenters. The van der Waals surface area contributed by atoms with Crippen LogP contribution in [0.1, 0.15) is 32.6 Å². The molecule has 0 heterocycles. The van der Waals surface area contributed by atoms with Gasteiger partial charge in [-0.15, -0.1) is 0 Å². The average Bonchev–Trinajstić information content (AvgIpc) is 2.19. The number of hydrogen-bond donors (Lipinski definition) is 2. The fourth-order valence-corrected chi connectivity index (χ4v) is 0.974. The summed E-state index contributed by atoms with van der Waals surface area (Å²) < 4.78 is 10.7. The van der Waals surface area contributed by atoms with E-state index in [-0.39, 0.29) is 19.5 Å². The summed E-state index contributed by atoms with van der Waals surface area (Å²) in [5.74, 6) is 0. The summed E-state index contributed by atoms with van der Waals surface area (Å²) in [5.41, 5.74) is 0. The molecule has 0 rings (SSSR count). The molecule has 0 saturated carbocycles. The molecule has 0 unspecified atom stereocenters. The zero-order chi connectivity index (χ0) is 10.6. The summed E-state index contributed by atoms with van der Waals surface area (Å²) in [4.78, 5) is 0. The lowest BCUT2D eigenvalue weighted by Crippen LogP contribution is -2.14. The number of aliphatic hydroxyl groups excluding tert-OH is 2. The van der Waals surface area contributed by atoms with Crippen molar-refractivity contribution in [2.45, 2.75) is 38.9 Å². The van der Waals surface area contributed by atoms with Crippen LogP contribution in [-0.2, 0) is 9.47 Å². The fourth-order valence-electron chi connectivity index (χ4n) is 0.974. The molecule has 0 radical (unpaired) electrons. The first-order chi connectivity index (χ1) is 6.81. The van der Waals surface area contributed by atoms with Gasteiger partial charge in [-0.2, -0.15) is 0 Å². The Morgan fingerprint density at radius 3 is 1.64 bits per heavy atom. The van der Waals surface area contributed by atoms with Crippen molar-refractivity contribution in [3.63, 3.8) is 0 Å². The number of hydrogen-bond acceptors (Lipinski definition) is 4. The van der Waals surface area contributed by atoms with E-state index in [0.29, 0.717) is 13.2 Å². The van der Waals surface area contributed by atoms with Gasteiger partial charge in [0.15, 0.2) is 6.29 Å². The molecule has 0 fully saturated rings. The molecule has 0 spiro atoms.